The molecule has 3 N–H and O–H groups in total. The van der Waals surface area contributed by atoms with Crippen LogP contribution in [0.2, 0.25) is 0 Å². The summed E-state index contributed by atoms with van der Waals surface area (Å²) in [5.41, 5.74) is 6.46. The Balaban J connectivity index is 2.26. The lowest BCUT2D eigenvalue weighted by molar-refractivity contribution is 0.562. The standard InChI is InChI=1S/C14H12BrF3N2/c15-11-6-9(2-4-12(11)17)20-14(7-19)10-3-1-8(16)5-13(10)18/h1-6,14,20H,7,19H2. The van der Waals surface area contributed by atoms with Crippen molar-refractivity contribution in [2.75, 3.05) is 11.9 Å². The second-order valence-electron chi connectivity index (χ2n) is 4.23. The molecule has 0 saturated heterocycles. The van der Waals surface area contributed by atoms with Gasteiger partial charge in [-0.1, -0.05) is 6.07 Å². The maximum atomic E-state index is 13.7. The summed E-state index contributed by atoms with van der Waals surface area (Å²) in [6.45, 7) is 0.109. The van der Waals surface area contributed by atoms with Gasteiger partial charge in [-0.15, -0.1) is 0 Å². The van der Waals surface area contributed by atoms with Crippen molar-refractivity contribution in [3.63, 3.8) is 0 Å². The van der Waals surface area contributed by atoms with Crippen LogP contribution in [-0.4, -0.2) is 6.54 Å². The predicted octanol–water partition coefficient (Wildman–Crippen LogP) is 3.98. The summed E-state index contributed by atoms with van der Waals surface area (Å²) in [4.78, 5) is 0. The van der Waals surface area contributed by atoms with Crippen molar-refractivity contribution in [3.05, 3.63) is 63.9 Å². The van der Waals surface area contributed by atoms with E-state index in [-0.39, 0.29) is 16.6 Å². The summed E-state index contributed by atoms with van der Waals surface area (Å²) >= 11 is 3.07. The van der Waals surface area contributed by atoms with E-state index in [0.29, 0.717) is 5.69 Å². The molecule has 0 bridgehead atoms. The number of halogens is 4. The lowest BCUT2D eigenvalue weighted by Gasteiger charge is -2.19. The molecule has 0 aliphatic carbocycles. The summed E-state index contributed by atoms with van der Waals surface area (Å²) in [6, 6.07) is 7.11. The van der Waals surface area contributed by atoms with Crippen molar-refractivity contribution in [2.45, 2.75) is 6.04 Å². The Morgan fingerprint density at radius 3 is 2.40 bits per heavy atom. The van der Waals surface area contributed by atoms with Gasteiger partial charge in [0, 0.05) is 23.9 Å². The molecule has 0 aliphatic rings. The van der Waals surface area contributed by atoms with Crippen LogP contribution >= 0.6 is 15.9 Å². The molecule has 0 radical (unpaired) electrons. The van der Waals surface area contributed by atoms with Gasteiger partial charge >= 0.3 is 0 Å². The topological polar surface area (TPSA) is 38.0 Å². The molecule has 2 rings (SSSR count). The highest BCUT2D eigenvalue weighted by Crippen LogP contribution is 2.25. The highest BCUT2D eigenvalue weighted by molar-refractivity contribution is 9.10. The van der Waals surface area contributed by atoms with Gasteiger partial charge in [0.1, 0.15) is 17.5 Å². The van der Waals surface area contributed by atoms with Gasteiger partial charge < -0.3 is 11.1 Å². The molecule has 1 unspecified atom stereocenters. The molecule has 2 nitrogen and oxygen atoms in total. The molecule has 1 atom stereocenters. The molecule has 6 heteroatoms. The molecular weight excluding hydrogens is 333 g/mol. The lowest BCUT2D eigenvalue weighted by atomic mass is 10.1. The number of anilines is 1. The van der Waals surface area contributed by atoms with Crippen LogP contribution in [0.3, 0.4) is 0 Å². The highest BCUT2D eigenvalue weighted by atomic mass is 79.9. The van der Waals surface area contributed by atoms with Crippen molar-refractivity contribution in [1.29, 1.82) is 0 Å². The predicted molar refractivity (Wildman–Crippen MR) is 75.9 cm³/mol. The molecule has 2 aromatic rings. The fourth-order valence-electron chi connectivity index (χ4n) is 1.83. The first-order chi connectivity index (χ1) is 9.51. The number of hydrogen-bond acceptors (Lipinski definition) is 2. The van der Waals surface area contributed by atoms with Crippen molar-refractivity contribution in [1.82, 2.24) is 0 Å². The molecule has 0 aliphatic heterocycles. The third-order valence-corrected chi connectivity index (χ3v) is 3.44. The van der Waals surface area contributed by atoms with Crippen LogP contribution in [0.5, 0.6) is 0 Å². The van der Waals surface area contributed by atoms with E-state index in [0.717, 1.165) is 6.07 Å². The van der Waals surface area contributed by atoms with Gasteiger partial charge in [-0.05, 0) is 40.2 Å². The zero-order valence-corrected chi connectivity index (χ0v) is 11.9. The van der Waals surface area contributed by atoms with Crippen molar-refractivity contribution in [3.8, 4) is 0 Å². The smallest absolute Gasteiger partial charge is 0.137 e. The SMILES string of the molecule is NCC(Nc1ccc(F)c(Br)c1)c1ccc(F)cc1F. The Hall–Kier alpha value is -1.53. The van der Waals surface area contributed by atoms with Gasteiger partial charge in [0.2, 0.25) is 0 Å². The number of hydrogen-bond donors (Lipinski definition) is 2. The molecule has 0 aromatic heterocycles. The Morgan fingerprint density at radius 1 is 1.05 bits per heavy atom. The van der Waals surface area contributed by atoms with Crippen LogP contribution in [0.1, 0.15) is 11.6 Å². The largest absolute Gasteiger partial charge is 0.377 e. The van der Waals surface area contributed by atoms with E-state index in [9.17, 15) is 13.2 Å². The van der Waals surface area contributed by atoms with Crippen LogP contribution in [-0.2, 0) is 0 Å². The first kappa shape index (κ1) is 14.9. The zero-order valence-electron chi connectivity index (χ0n) is 10.3. The molecule has 0 saturated carbocycles. The van der Waals surface area contributed by atoms with Crippen molar-refractivity contribution in [2.24, 2.45) is 5.73 Å². The van der Waals surface area contributed by atoms with E-state index in [1.54, 1.807) is 0 Å². The van der Waals surface area contributed by atoms with Crippen LogP contribution < -0.4 is 11.1 Å². The molecule has 0 spiro atoms. The van der Waals surface area contributed by atoms with Gasteiger partial charge in [-0.3, -0.25) is 0 Å². The number of nitrogens with two attached hydrogens (primary N) is 1. The van der Waals surface area contributed by atoms with E-state index in [4.69, 9.17) is 5.73 Å². The molecule has 20 heavy (non-hydrogen) atoms. The number of nitrogens with one attached hydrogen (secondary N) is 1. The second kappa shape index (κ2) is 6.28. The summed E-state index contributed by atoms with van der Waals surface area (Å²) in [5.74, 6) is -1.71. The Labute approximate surface area is 122 Å². The van der Waals surface area contributed by atoms with Gasteiger partial charge in [0.15, 0.2) is 0 Å². The second-order valence-corrected chi connectivity index (χ2v) is 5.08. The Kier molecular flexibility index (Phi) is 4.67. The summed E-state index contributed by atoms with van der Waals surface area (Å²) in [5, 5.41) is 2.99. The minimum absolute atomic E-state index is 0.109. The average Bonchev–Trinajstić information content (AvgIpc) is 2.41. The average molecular weight is 345 g/mol. The normalized spacial score (nSPS) is 12.2. The van der Waals surface area contributed by atoms with Crippen molar-refractivity contribution < 1.29 is 13.2 Å². The molecule has 0 heterocycles. The minimum Gasteiger partial charge on any atom is -0.377 e. The molecule has 0 fully saturated rings. The van der Waals surface area contributed by atoms with Crippen molar-refractivity contribution >= 4 is 21.6 Å². The third-order valence-electron chi connectivity index (χ3n) is 2.83. The van der Waals surface area contributed by atoms with Gasteiger partial charge in [-0.2, -0.15) is 0 Å². The first-order valence-corrected chi connectivity index (χ1v) is 6.67. The number of benzene rings is 2. The maximum Gasteiger partial charge on any atom is 0.137 e. The minimum atomic E-state index is -0.672. The number of rotatable bonds is 4. The van der Waals surface area contributed by atoms with Gasteiger partial charge in [-0.25, -0.2) is 13.2 Å². The molecule has 2 aromatic carbocycles. The maximum absolute atomic E-state index is 13.7. The molecular formula is C14H12BrF3N2. The molecule has 106 valence electrons. The van der Waals surface area contributed by atoms with Crippen LogP contribution in [0, 0.1) is 17.5 Å². The monoisotopic (exact) mass is 344 g/mol. The zero-order chi connectivity index (χ0) is 14.7. The summed E-state index contributed by atoms with van der Waals surface area (Å²) in [7, 11) is 0. The van der Waals surface area contributed by atoms with E-state index < -0.39 is 23.5 Å². The first-order valence-electron chi connectivity index (χ1n) is 5.88. The molecule has 0 amide bonds. The highest BCUT2D eigenvalue weighted by Gasteiger charge is 2.15. The van der Waals surface area contributed by atoms with E-state index >= 15 is 0 Å². The van der Waals surface area contributed by atoms with Crippen LogP contribution in [0.25, 0.3) is 0 Å². The lowest BCUT2D eigenvalue weighted by Crippen LogP contribution is -2.21. The van der Waals surface area contributed by atoms with Gasteiger partial charge in [0.25, 0.3) is 0 Å². The fraction of sp³-hybridized carbons (Fsp3) is 0.143. The van der Waals surface area contributed by atoms with E-state index in [1.165, 1.54) is 30.3 Å². The third kappa shape index (κ3) is 3.32. The van der Waals surface area contributed by atoms with Crippen LogP contribution in [0.4, 0.5) is 18.9 Å². The van der Waals surface area contributed by atoms with Crippen LogP contribution in [0.15, 0.2) is 40.9 Å². The quantitative estimate of drug-likeness (QED) is 0.880. The van der Waals surface area contributed by atoms with E-state index in [1.807, 2.05) is 0 Å². The Morgan fingerprint density at radius 2 is 1.80 bits per heavy atom. The Bertz CT molecular complexity index is 619. The fourth-order valence-corrected chi connectivity index (χ4v) is 2.21. The van der Waals surface area contributed by atoms with Gasteiger partial charge in [0.05, 0.1) is 10.5 Å². The summed E-state index contributed by atoms with van der Waals surface area (Å²) < 4.78 is 40.1. The van der Waals surface area contributed by atoms with E-state index in [2.05, 4.69) is 21.2 Å². The summed E-state index contributed by atoms with van der Waals surface area (Å²) in [6.07, 6.45) is 0.